The van der Waals surface area contributed by atoms with Gasteiger partial charge in [0.2, 0.25) is 0 Å². The molecule has 7 heteroatoms. The molecular weight excluding hydrogens is 450 g/mol. The summed E-state index contributed by atoms with van der Waals surface area (Å²) in [5, 5.41) is 3.31. The van der Waals surface area contributed by atoms with Crippen LogP contribution >= 0.6 is 11.6 Å². The zero-order chi connectivity index (χ0) is 23.1. The maximum Gasteiger partial charge on any atom is 0.280 e. The van der Waals surface area contributed by atoms with Gasteiger partial charge in [-0.3, -0.25) is 9.89 Å². The van der Waals surface area contributed by atoms with E-state index >= 15 is 0 Å². The van der Waals surface area contributed by atoms with Crippen LogP contribution < -0.4 is 15.0 Å². The number of H-pyrrole nitrogens is 1. The van der Waals surface area contributed by atoms with Gasteiger partial charge in [-0.25, -0.2) is 4.98 Å². The minimum absolute atomic E-state index is 0.0929. The molecule has 0 bridgehead atoms. The Bertz CT molecular complexity index is 1560. The number of aromatic nitrogens is 3. The lowest BCUT2D eigenvalue weighted by atomic mass is 10.0. The van der Waals surface area contributed by atoms with Crippen LogP contribution in [-0.4, -0.2) is 27.8 Å². The van der Waals surface area contributed by atoms with Crippen LogP contribution in [-0.2, 0) is 5.88 Å². The maximum atomic E-state index is 13.9. The zero-order valence-electron chi connectivity index (χ0n) is 18.1. The smallest absolute Gasteiger partial charge is 0.280 e. The molecule has 0 spiro atoms. The van der Waals surface area contributed by atoms with Gasteiger partial charge in [0.15, 0.2) is 17.1 Å². The highest BCUT2D eigenvalue weighted by Crippen LogP contribution is 2.37. The highest BCUT2D eigenvalue weighted by molar-refractivity contribution is 6.17. The SMILES string of the molecule is O=c1c(-c2ccc3c(c2)OCCO3)c(CCl)nc2c(-c3ccccc3)c(-c3ccccc3)[nH]n12. The second kappa shape index (κ2) is 8.39. The molecule has 0 radical (unpaired) electrons. The second-order valence-electron chi connectivity index (χ2n) is 7.98. The van der Waals surface area contributed by atoms with Gasteiger partial charge in [-0.15, -0.1) is 11.6 Å². The molecule has 1 aliphatic heterocycles. The number of nitrogens with one attached hydrogen (secondary N) is 1. The predicted molar refractivity (Wildman–Crippen MR) is 133 cm³/mol. The topological polar surface area (TPSA) is 68.6 Å². The van der Waals surface area contributed by atoms with Crippen molar-refractivity contribution in [3.8, 4) is 45.0 Å². The lowest BCUT2D eigenvalue weighted by Crippen LogP contribution is -2.20. The van der Waals surface area contributed by atoms with Gasteiger partial charge in [0, 0.05) is 5.56 Å². The van der Waals surface area contributed by atoms with Gasteiger partial charge in [0.25, 0.3) is 5.56 Å². The van der Waals surface area contributed by atoms with Crippen LogP contribution in [0.25, 0.3) is 39.2 Å². The number of nitrogens with zero attached hydrogens (tertiary/aromatic N) is 2. The molecule has 0 unspecified atom stereocenters. The minimum atomic E-state index is -0.225. The maximum absolute atomic E-state index is 13.9. The normalized spacial score (nSPS) is 12.7. The average molecular weight is 470 g/mol. The fourth-order valence-electron chi connectivity index (χ4n) is 4.39. The van der Waals surface area contributed by atoms with Crippen molar-refractivity contribution in [3.05, 3.63) is 94.9 Å². The van der Waals surface area contributed by atoms with Crippen molar-refractivity contribution in [1.29, 1.82) is 0 Å². The number of ether oxygens (including phenoxy) is 2. The molecule has 6 rings (SSSR count). The van der Waals surface area contributed by atoms with Crippen LogP contribution in [0.4, 0.5) is 0 Å². The number of aromatic amines is 1. The van der Waals surface area contributed by atoms with Crippen LogP contribution in [0.3, 0.4) is 0 Å². The standard InChI is InChI=1S/C27H20ClN3O3/c28-16-20-23(19-11-12-21-22(15-19)34-14-13-33-21)27(32)31-26(29-20)24(17-7-3-1-4-8-17)25(30-31)18-9-5-2-6-10-18/h1-12,15,30H,13-14,16H2. The third-order valence-corrected chi connectivity index (χ3v) is 6.19. The number of fused-ring (bicyclic) bond motifs is 2. The highest BCUT2D eigenvalue weighted by Gasteiger charge is 2.23. The Balaban J connectivity index is 1.65. The molecule has 168 valence electrons. The molecule has 1 N–H and O–H groups in total. The van der Waals surface area contributed by atoms with Crippen LogP contribution in [0, 0.1) is 0 Å². The molecule has 0 aliphatic carbocycles. The van der Waals surface area contributed by atoms with E-state index in [9.17, 15) is 4.79 Å². The molecule has 34 heavy (non-hydrogen) atoms. The van der Waals surface area contributed by atoms with Crippen LogP contribution in [0.1, 0.15) is 5.69 Å². The summed E-state index contributed by atoms with van der Waals surface area (Å²) in [7, 11) is 0. The van der Waals surface area contributed by atoms with E-state index in [0.29, 0.717) is 47.2 Å². The zero-order valence-corrected chi connectivity index (χ0v) is 18.9. The van der Waals surface area contributed by atoms with Gasteiger partial charge in [-0.05, 0) is 23.3 Å². The highest BCUT2D eigenvalue weighted by atomic mass is 35.5. The Morgan fingerprint density at radius 2 is 1.50 bits per heavy atom. The largest absolute Gasteiger partial charge is 0.486 e. The Kier molecular flexibility index (Phi) is 5.08. The summed E-state index contributed by atoms with van der Waals surface area (Å²) >= 11 is 6.34. The van der Waals surface area contributed by atoms with E-state index in [1.54, 1.807) is 0 Å². The van der Waals surface area contributed by atoms with E-state index in [4.69, 9.17) is 26.1 Å². The lowest BCUT2D eigenvalue weighted by molar-refractivity contribution is 0.171. The summed E-state index contributed by atoms with van der Waals surface area (Å²) in [5.74, 6) is 1.36. The van der Waals surface area contributed by atoms with Crippen molar-refractivity contribution in [2.24, 2.45) is 0 Å². The minimum Gasteiger partial charge on any atom is -0.486 e. The molecular formula is C27H20ClN3O3. The molecule has 0 fully saturated rings. The lowest BCUT2D eigenvalue weighted by Gasteiger charge is -2.19. The van der Waals surface area contributed by atoms with E-state index in [2.05, 4.69) is 5.10 Å². The molecule has 1 aliphatic rings. The third kappa shape index (κ3) is 3.35. The van der Waals surface area contributed by atoms with Crippen molar-refractivity contribution in [2.75, 3.05) is 13.2 Å². The van der Waals surface area contributed by atoms with Crippen LogP contribution in [0.15, 0.2) is 83.7 Å². The molecule has 5 aromatic rings. The van der Waals surface area contributed by atoms with Gasteiger partial charge < -0.3 is 9.47 Å². The number of hydrogen-bond donors (Lipinski definition) is 1. The van der Waals surface area contributed by atoms with E-state index in [1.165, 1.54) is 4.52 Å². The Labute approximate surface area is 200 Å². The fraction of sp³-hybridized carbons (Fsp3) is 0.111. The van der Waals surface area contributed by atoms with Crippen LogP contribution in [0.2, 0.25) is 0 Å². The number of rotatable bonds is 4. The van der Waals surface area contributed by atoms with Crippen molar-refractivity contribution in [1.82, 2.24) is 14.6 Å². The van der Waals surface area contributed by atoms with Gasteiger partial charge in [0.1, 0.15) is 13.2 Å². The van der Waals surface area contributed by atoms with E-state index < -0.39 is 0 Å². The summed E-state index contributed by atoms with van der Waals surface area (Å²) in [6, 6.07) is 25.3. The predicted octanol–water partition coefficient (Wildman–Crippen LogP) is 5.53. The van der Waals surface area contributed by atoms with Crippen LogP contribution in [0.5, 0.6) is 11.5 Å². The first-order valence-corrected chi connectivity index (χ1v) is 11.5. The van der Waals surface area contributed by atoms with E-state index in [1.807, 2.05) is 78.9 Å². The Morgan fingerprint density at radius 1 is 0.824 bits per heavy atom. The van der Waals surface area contributed by atoms with Gasteiger partial charge in [-0.2, -0.15) is 4.52 Å². The average Bonchev–Trinajstić information content (AvgIpc) is 3.29. The second-order valence-corrected chi connectivity index (χ2v) is 8.25. The number of alkyl halides is 1. The molecule has 6 nitrogen and oxygen atoms in total. The number of halogens is 1. The third-order valence-electron chi connectivity index (χ3n) is 5.94. The first kappa shape index (κ1) is 20.6. The number of hydrogen-bond acceptors (Lipinski definition) is 4. The molecule has 0 amide bonds. The van der Waals surface area contributed by atoms with Crippen molar-refractivity contribution in [3.63, 3.8) is 0 Å². The monoisotopic (exact) mass is 469 g/mol. The fourth-order valence-corrected chi connectivity index (χ4v) is 4.59. The van der Waals surface area contributed by atoms with Gasteiger partial charge in [0.05, 0.1) is 28.4 Å². The molecule has 2 aromatic heterocycles. The van der Waals surface area contributed by atoms with Crippen molar-refractivity contribution >= 4 is 17.2 Å². The molecule has 3 heterocycles. The quantitative estimate of drug-likeness (QED) is 0.351. The Morgan fingerprint density at radius 3 is 2.21 bits per heavy atom. The van der Waals surface area contributed by atoms with Crippen molar-refractivity contribution in [2.45, 2.75) is 5.88 Å². The molecule has 0 saturated heterocycles. The summed E-state index contributed by atoms with van der Waals surface area (Å²) in [4.78, 5) is 18.8. The van der Waals surface area contributed by atoms with Crippen molar-refractivity contribution < 1.29 is 9.47 Å². The summed E-state index contributed by atoms with van der Waals surface area (Å²) in [6.45, 7) is 0.967. The van der Waals surface area contributed by atoms with E-state index in [-0.39, 0.29) is 11.4 Å². The number of benzene rings is 3. The first-order chi connectivity index (χ1) is 16.7. The molecule has 3 aromatic carbocycles. The summed E-state index contributed by atoms with van der Waals surface area (Å²) < 4.78 is 12.9. The first-order valence-electron chi connectivity index (χ1n) is 11.0. The summed E-state index contributed by atoms with van der Waals surface area (Å²) in [6.07, 6.45) is 0. The van der Waals surface area contributed by atoms with Gasteiger partial charge >= 0.3 is 0 Å². The van der Waals surface area contributed by atoms with E-state index in [0.717, 1.165) is 22.4 Å². The molecule has 0 atom stereocenters. The summed E-state index contributed by atoms with van der Waals surface area (Å²) in [5.41, 5.74) is 5.52. The molecule has 0 saturated carbocycles. The Hall–Kier alpha value is -4.03. The van der Waals surface area contributed by atoms with Gasteiger partial charge in [-0.1, -0.05) is 66.7 Å².